The summed E-state index contributed by atoms with van der Waals surface area (Å²) in [4.78, 5) is 0. The van der Waals surface area contributed by atoms with Gasteiger partial charge in [-0.25, -0.2) is 0 Å². The standard InChI is InChI=1S/C17H32N2/c1-2-4-12(8-9-18)5-3-10-19-17-15-13-6-7-14(11-13)16(15)17/h12-17,19H,2-11,18H2,1H3. The number of nitrogens with one attached hydrogen (secondary N) is 1. The molecule has 0 saturated heterocycles. The second-order valence-corrected chi connectivity index (χ2v) is 7.34. The maximum Gasteiger partial charge on any atom is 0.0135 e. The molecule has 3 aliphatic rings. The van der Waals surface area contributed by atoms with E-state index >= 15 is 0 Å². The van der Waals surface area contributed by atoms with E-state index in [0.717, 1.165) is 42.2 Å². The predicted octanol–water partition coefficient (Wildman–Crippen LogP) is 3.17. The van der Waals surface area contributed by atoms with Gasteiger partial charge in [-0.3, -0.25) is 0 Å². The molecular formula is C17H32N2. The fraction of sp³-hybridized carbons (Fsp3) is 1.00. The van der Waals surface area contributed by atoms with Crippen molar-refractivity contribution in [1.82, 2.24) is 5.32 Å². The fourth-order valence-corrected chi connectivity index (χ4v) is 5.33. The molecule has 0 radical (unpaired) electrons. The number of nitrogens with two attached hydrogens (primary N) is 1. The second kappa shape index (κ2) is 6.13. The fourth-order valence-electron chi connectivity index (χ4n) is 5.33. The molecule has 0 heterocycles. The molecule has 2 heteroatoms. The molecule has 3 N–H and O–H groups in total. The van der Waals surface area contributed by atoms with E-state index in [1.165, 1.54) is 38.6 Å². The van der Waals surface area contributed by atoms with Gasteiger partial charge >= 0.3 is 0 Å². The van der Waals surface area contributed by atoms with Gasteiger partial charge in [0.05, 0.1) is 0 Å². The molecule has 0 aromatic rings. The Morgan fingerprint density at radius 2 is 1.84 bits per heavy atom. The third kappa shape index (κ3) is 2.85. The van der Waals surface area contributed by atoms with Gasteiger partial charge in [0.25, 0.3) is 0 Å². The lowest BCUT2D eigenvalue weighted by Gasteiger charge is -2.15. The maximum absolute atomic E-state index is 5.71. The summed E-state index contributed by atoms with van der Waals surface area (Å²) in [6.07, 6.45) is 11.3. The lowest BCUT2D eigenvalue weighted by atomic mass is 9.94. The van der Waals surface area contributed by atoms with Crippen molar-refractivity contribution in [3.63, 3.8) is 0 Å². The van der Waals surface area contributed by atoms with Crippen LogP contribution in [0.5, 0.6) is 0 Å². The first kappa shape index (κ1) is 13.9. The van der Waals surface area contributed by atoms with Crippen LogP contribution in [0.15, 0.2) is 0 Å². The Morgan fingerprint density at radius 1 is 1.11 bits per heavy atom. The molecule has 3 fully saturated rings. The third-order valence-corrected chi connectivity index (χ3v) is 6.18. The van der Waals surface area contributed by atoms with Gasteiger partial charge in [-0.05, 0) is 81.2 Å². The lowest BCUT2D eigenvalue weighted by Crippen LogP contribution is -2.24. The Labute approximate surface area is 118 Å². The van der Waals surface area contributed by atoms with Crippen molar-refractivity contribution < 1.29 is 0 Å². The average molecular weight is 264 g/mol. The van der Waals surface area contributed by atoms with E-state index in [0.29, 0.717) is 0 Å². The average Bonchev–Trinajstić information content (AvgIpc) is 2.80. The Kier molecular flexibility index (Phi) is 4.48. The van der Waals surface area contributed by atoms with E-state index in [4.69, 9.17) is 5.73 Å². The molecule has 0 amide bonds. The van der Waals surface area contributed by atoms with E-state index in [-0.39, 0.29) is 0 Å². The monoisotopic (exact) mass is 264 g/mol. The Bertz CT molecular complexity index is 269. The molecule has 3 saturated carbocycles. The van der Waals surface area contributed by atoms with Gasteiger partial charge < -0.3 is 11.1 Å². The van der Waals surface area contributed by atoms with Crippen molar-refractivity contribution in [2.45, 2.75) is 64.3 Å². The number of fused-ring (bicyclic) bond motifs is 5. The summed E-state index contributed by atoms with van der Waals surface area (Å²) < 4.78 is 0. The first-order valence-corrected chi connectivity index (χ1v) is 8.78. The topological polar surface area (TPSA) is 38.0 Å². The Hall–Kier alpha value is -0.0800. The highest BCUT2D eigenvalue weighted by atomic mass is 15.0. The molecule has 0 aliphatic heterocycles. The molecule has 3 rings (SSSR count). The Balaban J connectivity index is 1.30. The Morgan fingerprint density at radius 3 is 2.47 bits per heavy atom. The highest BCUT2D eigenvalue weighted by Crippen LogP contribution is 2.65. The smallest absolute Gasteiger partial charge is 0.0135 e. The van der Waals surface area contributed by atoms with Crippen LogP contribution in [0.4, 0.5) is 0 Å². The summed E-state index contributed by atoms with van der Waals surface area (Å²) in [5, 5.41) is 3.87. The van der Waals surface area contributed by atoms with Crippen molar-refractivity contribution in [1.29, 1.82) is 0 Å². The summed E-state index contributed by atoms with van der Waals surface area (Å²) in [5.41, 5.74) is 5.71. The van der Waals surface area contributed by atoms with Crippen LogP contribution in [-0.4, -0.2) is 19.1 Å². The van der Waals surface area contributed by atoms with Gasteiger partial charge in [-0.15, -0.1) is 0 Å². The summed E-state index contributed by atoms with van der Waals surface area (Å²) in [7, 11) is 0. The van der Waals surface area contributed by atoms with Crippen LogP contribution in [0.1, 0.15) is 58.3 Å². The molecule has 0 aromatic heterocycles. The number of rotatable bonds is 9. The highest BCUT2D eigenvalue weighted by Gasteiger charge is 2.64. The highest BCUT2D eigenvalue weighted by molar-refractivity contribution is 5.16. The van der Waals surface area contributed by atoms with Crippen LogP contribution >= 0.6 is 0 Å². The van der Waals surface area contributed by atoms with Crippen molar-refractivity contribution in [2.24, 2.45) is 35.3 Å². The second-order valence-electron chi connectivity index (χ2n) is 7.34. The molecule has 2 nitrogen and oxygen atoms in total. The zero-order valence-electron chi connectivity index (χ0n) is 12.6. The largest absolute Gasteiger partial charge is 0.330 e. The quantitative estimate of drug-likeness (QED) is 0.628. The third-order valence-electron chi connectivity index (χ3n) is 6.18. The predicted molar refractivity (Wildman–Crippen MR) is 80.9 cm³/mol. The van der Waals surface area contributed by atoms with Crippen LogP contribution in [0.25, 0.3) is 0 Å². The lowest BCUT2D eigenvalue weighted by molar-refractivity contribution is 0.394. The summed E-state index contributed by atoms with van der Waals surface area (Å²) in [6, 6.07) is 0.922. The van der Waals surface area contributed by atoms with E-state index < -0.39 is 0 Å². The molecule has 2 bridgehead atoms. The summed E-state index contributed by atoms with van der Waals surface area (Å²) in [5.74, 6) is 5.28. The summed E-state index contributed by atoms with van der Waals surface area (Å²) in [6.45, 7) is 4.42. The zero-order valence-corrected chi connectivity index (χ0v) is 12.6. The van der Waals surface area contributed by atoms with E-state index in [1.54, 1.807) is 19.3 Å². The first-order chi connectivity index (χ1) is 9.35. The number of hydrogen-bond donors (Lipinski definition) is 2. The first-order valence-electron chi connectivity index (χ1n) is 8.78. The minimum atomic E-state index is 0.869. The normalized spacial score (nSPS) is 40.4. The molecule has 0 spiro atoms. The summed E-state index contributed by atoms with van der Waals surface area (Å²) >= 11 is 0. The van der Waals surface area contributed by atoms with Gasteiger partial charge in [0.1, 0.15) is 0 Å². The van der Waals surface area contributed by atoms with Crippen LogP contribution in [0, 0.1) is 29.6 Å². The van der Waals surface area contributed by atoms with E-state index in [9.17, 15) is 0 Å². The van der Waals surface area contributed by atoms with Gasteiger partial charge in [-0.1, -0.05) is 19.8 Å². The van der Waals surface area contributed by atoms with Crippen LogP contribution in [0.2, 0.25) is 0 Å². The van der Waals surface area contributed by atoms with Gasteiger partial charge in [0.2, 0.25) is 0 Å². The van der Waals surface area contributed by atoms with E-state index in [1.807, 2.05) is 0 Å². The van der Waals surface area contributed by atoms with Gasteiger partial charge in [0, 0.05) is 6.04 Å². The van der Waals surface area contributed by atoms with Crippen molar-refractivity contribution in [3.05, 3.63) is 0 Å². The van der Waals surface area contributed by atoms with Crippen LogP contribution < -0.4 is 11.1 Å². The molecule has 0 aromatic carbocycles. The van der Waals surface area contributed by atoms with Gasteiger partial charge in [-0.2, -0.15) is 0 Å². The molecule has 3 aliphatic carbocycles. The number of hydrogen-bond acceptors (Lipinski definition) is 2. The molecule has 5 atom stereocenters. The van der Waals surface area contributed by atoms with Crippen LogP contribution in [-0.2, 0) is 0 Å². The van der Waals surface area contributed by atoms with Crippen molar-refractivity contribution >= 4 is 0 Å². The minimum Gasteiger partial charge on any atom is -0.330 e. The van der Waals surface area contributed by atoms with Crippen molar-refractivity contribution in [2.75, 3.05) is 13.1 Å². The van der Waals surface area contributed by atoms with Gasteiger partial charge in [0.15, 0.2) is 0 Å². The van der Waals surface area contributed by atoms with Crippen molar-refractivity contribution in [3.8, 4) is 0 Å². The van der Waals surface area contributed by atoms with Crippen LogP contribution in [0.3, 0.4) is 0 Å². The molecule has 19 heavy (non-hydrogen) atoms. The molecule has 5 unspecified atom stereocenters. The SMILES string of the molecule is CCCC(CCN)CCCNC1C2C3CCC(C3)C12. The molecule has 110 valence electrons. The van der Waals surface area contributed by atoms with E-state index in [2.05, 4.69) is 12.2 Å². The molecular weight excluding hydrogens is 232 g/mol. The minimum absolute atomic E-state index is 0.869. The zero-order chi connectivity index (χ0) is 13.2. The maximum atomic E-state index is 5.71.